The highest BCUT2D eigenvalue weighted by Gasteiger charge is 2.28. The maximum absolute atomic E-state index is 14.2. The number of carbonyl (C=O) groups is 3. The van der Waals surface area contributed by atoms with Crippen molar-refractivity contribution in [1.29, 1.82) is 0 Å². The minimum atomic E-state index is -1.95. The van der Waals surface area contributed by atoms with Gasteiger partial charge < -0.3 is 24.9 Å². The SMILES string of the molecule is C=S1(=O)CCC(CCN(Cc2c(F)cccc2F)C(=O)C2=CC(C)=NC2)CC1.C=S1(=O)CCC(CCN(Cc2ccc(O)cc2F)C(=O)c2cc(C)[nH]n2)CC1.Cc1cc(C(=O)N(CCC2CCCCC2)Cc2ccc(O)cc2F)n[nH]1. The minimum Gasteiger partial charge on any atom is -0.508 e. The summed E-state index contributed by atoms with van der Waals surface area (Å²) in [5, 5.41) is 32.5. The van der Waals surface area contributed by atoms with Crippen LogP contribution >= 0.6 is 0 Å². The Morgan fingerprint density at radius 2 is 0.988 bits per heavy atom. The molecule has 4 N–H and O–H groups in total. The van der Waals surface area contributed by atoms with E-state index in [1.807, 2.05) is 20.8 Å². The zero-order valence-corrected chi connectivity index (χ0v) is 48.9. The highest BCUT2D eigenvalue weighted by molar-refractivity contribution is 8.00. The Morgan fingerprint density at radius 3 is 1.37 bits per heavy atom. The Hall–Kier alpha value is -6.74. The quantitative estimate of drug-likeness (QED) is 0.0486. The molecular formula is C61H78F4N8O7S2. The number of aromatic hydroxyl groups is 2. The summed E-state index contributed by atoms with van der Waals surface area (Å²) in [6, 6.07) is 15.1. The second-order valence-corrected chi connectivity index (χ2v) is 27.9. The van der Waals surface area contributed by atoms with Crippen LogP contribution in [0.3, 0.4) is 0 Å². The number of amides is 3. The van der Waals surface area contributed by atoms with Gasteiger partial charge in [0.2, 0.25) is 0 Å². The lowest BCUT2D eigenvalue weighted by atomic mass is 9.87. The monoisotopic (exact) mass is 1170 g/mol. The summed E-state index contributed by atoms with van der Waals surface area (Å²) < 4.78 is 80.7. The van der Waals surface area contributed by atoms with E-state index in [0.29, 0.717) is 101 Å². The Balaban J connectivity index is 0.000000177. The van der Waals surface area contributed by atoms with Crippen molar-refractivity contribution < 1.29 is 50.6 Å². The third-order valence-electron chi connectivity index (χ3n) is 15.8. The third-order valence-corrected chi connectivity index (χ3v) is 19.7. The Bertz CT molecular complexity index is 3270. The average Bonchev–Trinajstić information content (AvgIpc) is 4.29. The van der Waals surface area contributed by atoms with E-state index in [-0.39, 0.29) is 54.4 Å². The van der Waals surface area contributed by atoms with Gasteiger partial charge in [0.1, 0.15) is 46.2 Å². The van der Waals surface area contributed by atoms with E-state index in [1.165, 1.54) is 79.5 Å². The van der Waals surface area contributed by atoms with Crippen molar-refractivity contribution in [2.45, 2.75) is 117 Å². The molecule has 444 valence electrons. The van der Waals surface area contributed by atoms with E-state index in [4.69, 9.17) is 0 Å². The number of halogens is 4. The van der Waals surface area contributed by atoms with E-state index in [1.54, 1.807) is 28.0 Å². The molecule has 3 amide bonds. The molecule has 0 spiro atoms. The summed E-state index contributed by atoms with van der Waals surface area (Å²) in [7, 11) is -3.89. The molecule has 0 unspecified atom stereocenters. The normalized spacial score (nSPS) is 20.8. The van der Waals surface area contributed by atoms with Crippen LogP contribution in [0.2, 0.25) is 0 Å². The molecule has 9 rings (SSSR count). The summed E-state index contributed by atoms with van der Waals surface area (Å²) in [5.74, 6) is 8.04. The number of aromatic amines is 2. The van der Waals surface area contributed by atoms with Crippen molar-refractivity contribution >= 4 is 54.2 Å². The lowest BCUT2D eigenvalue weighted by molar-refractivity contribution is -0.128. The average molecular weight is 1180 g/mol. The van der Waals surface area contributed by atoms with Gasteiger partial charge in [-0.15, -0.1) is 0 Å². The lowest BCUT2D eigenvalue weighted by Crippen LogP contribution is -2.35. The van der Waals surface area contributed by atoms with Gasteiger partial charge in [-0.3, -0.25) is 38.0 Å². The summed E-state index contributed by atoms with van der Waals surface area (Å²) in [4.78, 5) is 47.8. The van der Waals surface area contributed by atoms with E-state index in [2.05, 4.69) is 37.1 Å². The molecule has 3 aliphatic heterocycles. The van der Waals surface area contributed by atoms with Gasteiger partial charge in [0, 0.05) is 107 Å². The number of phenolic OH excluding ortho intramolecular Hbond substituents is 2. The number of hydrogen-bond acceptors (Lipinski definition) is 10. The van der Waals surface area contributed by atoms with Crippen LogP contribution in [-0.4, -0.2) is 138 Å². The van der Waals surface area contributed by atoms with Crippen LogP contribution in [0.25, 0.3) is 0 Å². The van der Waals surface area contributed by atoms with E-state index in [0.717, 1.165) is 67.8 Å². The van der Waals surface area contributed by atoms with Crippen LogP contribution < -0.4 is 0 Å². The Morgan fingerprint density at radius 1 is 0.573 bits per heavy atom. The number of aromatic nitrogens is 4. The number of aliphatic imine (C=N–C) groups is 1. The van der Waals surface area contributed by atoms with Crippen molar-refractivity contribution in [3.63, 3.8) is 0 Å². The molecule has 82 heavy (non-hydrogen) atoms. The fraction of sp³-hybridized carbons (Fsp3) is 0.475. The van der Waals surface area contributed by atoms with Gasteiger partial charge in [0.15, 0.2) is 0 Å². The van der Waals surface area contributed by atoms with Crippen LogP contribution in [0.1, 0.15) is 133 Å². The number of phenols is 2. The van der Waals surface area contributed by atoms with Crippen LogP contribution in [0.4, 0.5) is 17.6 Å². The second kappa shape index (κ2) is 29.0. The van der Waals surface area contributed by atoms with Crippen LogP contribution in [-0.2, 0) is 43.5 Å². The molecule has 1 aliphatic carbocycles. The van der Waals surface area contributed by atoms with E-state index >= 15 is 0 Å². The molecule has 0 atom stereocenters. The number of allylic oxidation sites excluding steroid dienone is 1. The van der Waals surface area contributed by atoms with E-state index < -0.39 is 42.3 Å². The lowest BCUT2D eigenvalue weighted by Gasteiger charge is -2.29. The maximum Gasteiger partial charge on any atom is 0.274 e. The van der Waals surface area contributed by atoms with Gasteiger partial charge in [-0.05, 0) is 157 Å². The van der Waals surface area contributed by atoms with Gasteiger partial charge in [0.25, 0.3) is 17.7 Å². The number of nitrogens with one attached hydrogen (secondary N) is 2. The topological polar surface area (TPSA) is 205 Å². The molecule has 2 saturated heterocycles. The van der Waals surface area contributed by atoms with Gasteiger partial charge in [-0.25, -0.2) is 17.6 Å². The Labute approximate surface area is 479 Å². The third kappa shape index (κ3) is 18.6. The summed E-state index contributed by atoms with van der Waals surface area (Å²) in [6.45, 7) is 7.34. The first-order valence-corrected chi connectivity index (χ1v) is 32.3. The molecule has 4 aliphatic rings. The predicted molar refractivity (Wildman–Crippen MR) is 316 cm³/mol. The Kier molecular flexibility index (Phi) is 22.2. The second-order valence-electron chi connectivity index (χ2n) is 22.4. The van der Waals surface area contributed by atoms with Gasteiger partial charge in [0.05, 0.1) is 13.1 Å². The standard InChI is InChI=1S/C21H26F2N2O2S.C20H26FN3O3S.C20H26FN3O2/c1-15-12-17(13-24-15)21(26)25(14-18-19(22)4-3-5-20(18)23)9-6-16-7-10-28(2,27)11-8-16;1-14-11-19(23-22-14)20(26)24(13-16-3-4-17(25)12-18(16)21)8-5-15-6-9-28(2,27)10-7-15;1-14-11-19(23-22-14)20(26)24(10-9-15-5-3-2-4-6-15)13-16-7-8-17(25)12-18(16)21/h3-5,12,16H,2,6-11,13-14H2,1H3;3-4,11-12,15,25H,2,5-10,13H2,1H3,(H,22,23);7-8,11-12,15,25H,2-6,9-10,13H2,1H3,(H,22,23). The summed E-state index contributed by atoms with van der Waals surface area (Å²) >= 11 is 0. The number of H-pyrrole nitrogens is 2. The van der Waals surface area contributed by atoms with E-state index in [9.17, 15) is 50.6 Å². The molecule has 0 radical (unpaired) electrons. The first-order valence-electron chi connectivity index (χ1n) is 28.2. The summed E-state index contributed by atoms with van der Waals surface area (Å²) in [6.07, 6.45) is 13.6. The minimum absolute atomic E-state index is 0.0929. The molecule has 1 saturated carbocycles. The number of hydrogen-bond donors (Lipinski definition) is 4. The maximum atomic E-state index is 14.2. The molecule has 0 bridgehead atoms. The largest absolute Gasteiger partial charge is 0.508 e. The fourth-order valence-electron chi connectivity index (χ4n) is 10.7. The molecular weight excluding hydrogens is 1100 g/mol. The zero-order valence-electron chi connectivity index (χ0n) is 47.3. The van der Waals surface area contributed by atoms with Crippen molar-refractivity contribution in [2.24, 2.45) is 22.7 Å². The van der Waals surface area contributed by atoms with Crippen molar-refractivity contribution in [2.75, 3.05) is 49.2 Å². The molecule has 3 fully saturated rings. The highest BCUT2D eigenvalue weighted by atomic mass is 32.2. The molecule has 5 aromatic rings. The van der Waals surface area contributed by atoms with Crippen LogP contribution in [0, 0.1) is 54.9 Å². The van der Waals surface area contributed by atoms with Gasteiger partial charge in [-0.2, -0.15) is 10.2 Å². The molecule has 2 aromatic heterocycles. The predicted octanol–water partition coefficient (Wildman–Crippen LogP) is 10.1. The number of aryl methyl sites for hydroxylation is 2. The number of benzene rings is 3. The first-order chi connectivity index (χ1) is 39.0. The molecule has 15 nitrogen and oxygen atoms in total. The number of carbonyl (C=O) groups excluding carboxylic acids is 3. The molecule has 3 aromatic carbocycles. The molecule has 21 heteroatoms. The molecule has 5 heterocycles. The van der Waals surface area contributed by atoms with Gasteiger partial charge >= 0.3 is 0 Å². The number of rotatable bonds is 18. The smallest absolute Gasteiger partial charge is 0.274 e. The first kappa shape index (κ1) is 62.9. The van der Waals surface area contributed by atoms with Crippen molar-refractivity contribution in [3.05, 3.63) is 141 Å². The van der Waals surface area contributed by atoms with Crippen molar-refractivity contribution in [3.8, 4) is 11.5 Å². The van der Waals surface area contributed by atoms with Crippen LogP contribution in [0.15, 0.2) is 83.4 Å². The summed E-state index contributed by atoms with van der Waals surface area (Å²) in [5.41, 5.74) is 4.18. The number of nitrogens with zero attached hydrogens (tertiary/aromatic N) is 6. The van der Waals surface area contributed by atoms with Crippen LogP contribution in [0.5, 0.6) is 11.5 Å². The van der Waals surface area contributed by atoms with Gasteiger partial charge in [-0.1, -0.05) is 50.3 Å². The van der Waals surface area contributed by atoms with Crippen molar-refractivity contribution in [1.82, 2.24) is 35.1 Å². The fourth-order valence-corrected chi connectivity index (χ4v) is 14.2. The zero-order chi connectivity index (χ0) is 59.1. The highest BCUT2D eigenvalue weighted by Crippen LogP contribution is 2.29.